The molecule has 2 N–H and O–H groups in total. The number of carboxylic acids is 1. The second-order valence-electron chi connectivity index (χ2n) is 5.02. The van der Waals surface area contributed by atoms with E-state index < -0.39 is 34.3 Å². The smallest absolute Gasteiger partial charge is 0.305 e. The highest BCUT2D eigenvalue weighted by Crippen LogP contribution is 2.21. The number of halogens is 1. The number of carboxylic acid groups (broad SMARTS) is 1. The average molecular weight is 338 g/mol. The molecule has 1 unspecified atom stereocenters. The molecule has 0 aliphatic heterocycles. The van der Waals surface area contributed by atoms with Crippen LogP contribution in [0.15, 0.2) is 47.6 Å². The Bertz CT molecular complexity index is 824. The second-order valence-corrected chi connectivity index (χ2v) is 6.74. The summed E-state index contributed by atoms with van der Waals surface area (Å²) in [6.45, 7) is 1.81. The third-order valence-corrected chi connectivity index (χ3v) is 4.55. The molecule has 0 spiro atoms. The van der Waals surface area contributed by atoms with E-state index in [4.69, 9.17) is 5.11 Å². The van der Waals surface area contributed by atoms with Crippen LogP contribution in [0.4, 0.5) is 4.39 Å². The summed E-state index contributed by atoms with van der Waals surface area (Å²) in [5.41, 5.74) is 1.38. The van der Waals surface area contributed by atoms with Gasteiger partial charge in [0, 0.05) is 6.20 Å². The minimum atomic E-state index is -4.10. The van der Waals surface area contributed by atoms with Gasteiger partial charge < -0.3 is 5.11 Å². The van der Waals surface area contributed by atoms with Crippen LogP contribution in [0.5, 0.6) is 0 Å². The fourth-order valence-corrected chi connectivity index (χ4v) is 3.28. The number of aryl methyl sites for hydroxylation is 1. The number of carbonyl (C=O) groups is 1. The van der Waals surface area contributed by atoms with Crippen LogP contribution in [0.2, 0.25) is 0 Å². The van der Waals surface area contributed by atoms with Gasteiger partial charge in [-0.1, -0.05) is 29.8 Å². The van der Waals surface area contributed by atoms with Crippen molar-refractivity contribution in [1.29, 1.82) is 0 Å². The molecule has 0 bridgehead atoms. The zero-order valence-corrected chi connectivity index (χ0v) is 13.0. The van der Waals surface area contributed by atoms with Crippen LogP contribution in [-0.4, -0.2) is 24.5 Å². The monoisotopic (exact) mass is 338 g/mol. The largest absolute Gasteiger partial charge is 0.481 e. The maximum Gasteiger partial charge on any atom is 0.305 e. The summed E-state index contributed by atoms with van der Waals surface area (Å²) in [7, 11) is -4.10. The van der Waals surface area contributed by atoms with Crippen molar-refractivity contribution in [2.45, 2.75) is 24.3 Å². The molecule has 0 fully saturated rings. The molecule has 1 aromatic heterocycles. The molecule has 8 heteroatoms. The summed E-state index contributed by atoms with van der Waals surface area (Å²) in [6.07, 6.45) is 1.44. The van der Waals surface area contributed by atoms with Crippen LogP contribution in [-0.2, 0) is 14.8 Å². The normalized spacial score (nSPS) is 12.8. The molecule has 0 saturated carbocycles. The zero-order chi connectivity index (χ0) is 17.0. The number of hydrogen-bond donors (Lipinski definition) is 2. The van der Waals surface area contributed by atoms with Gasteiger partial charge in [-0.3, -0.25) is 9.78 Å². The van der Waals surface area contributed by atoms with Gasteiger partial charge in [0.05, 0.1) is 18.7 Å². The molecule has 23 heavy (non-hydrogen) atoms. The van der Waals surface area contributed by atoms with Gasteiger partial charge in [0.2, 0.25) is 10.0 Å². The van der Waals surface area contributed by atoms with Gasteiger partial charge in [0.1, 0.15) is 10.7 Å². The van der Waals surface area contributed by atoms with E-state index in [1.165, 1.54) is 0 Å². The van der Waals surface area contributed by atoms with Gasteiger partial charge in [-0.05, 0) is 18.6 Å². The first-order chi connectivity index (χ1) is 10.8. The van der Waals surface area contributed by atoms with Crippen LogP contribution < -0.4 is 4.72 Å². The Hall–Kier alpha value is -2.32. The number of hydrogen-bond acceptors (Lipinski definition) is 4. The Morgan fingerprint density at radius 3 is 2.70 bits per heavy atom. The van der Waals surface area contributed by atoms with E-state index in [1.54, 1.807) is 18.2 Å². The lowest BCUT2D eigenvalue weighted by Gasteiger charge is -2.18. The number of rotatable bonds is 6. The van der Waals surface area contributed by atoms with E-state index >= 15 is 0 Å². The number of aliphatic carboxylic acids is 1. The highest BCUT2D eigenvalue weighted by atomic mass is 32.2. The van der Waals surface area contributed by atoms with Crippen LogP contribution >= 0.6 is 0 Å². The van der Waals surface area contributed by atoms with Gasteiger partial charge in [-0.25, -0.2) is 17.5 Å². The summed E-state index contributed by atoms with van der Waals surface area (Å²) >= 11 is 0. The Kier molecular flexibility index (Phi) is 5.07. The van der Waals surface area contributed by atoms with Crippen LogP contribution in [0.1, 0.15) is 23.6 Å². The molecular weight excluding hydrogens is 323 g/mol. The molecule has 1 atom stereocenters. The number of nitrogens with one attached hydrogen (secondary N) is 1. The number of benzene rings is 1. The van der Waals surface area contributed by atoms with Gasteiger partial charge >= 0.3 is 5.97 Å². The molecule has 0 aliphatic rings. The lowest BCUT2D eigenvalue weighted by Crippen LogP contribution is -2.30. The first-order valence-electron chi connectivity index (χ1n) is 6.69. The Morgan fingerprint density at radius 1 is 1.35 bits per heavy atom. The lowest BCUT2D eigenvalue weighted by atomic mass is 10.0. The number of sulfonamides is 1. The lowest BCUT2D eigenvalue weighted by molar-refractivity contribution is -0.137. The number of pyridine rings is 1. The van der Waals surface area contributed by atoms with Crippen LogP contribution in [0, 0.1) is 12.7 Å². The maximum absolute atomic E-state index is 13.2. The van der Waals surface area contributed by atoms with Crippen molar-refractivity contribution in [3.05, 3.63) is 59.7 Å². The molecule has 0 saturated heterocycles. The highest BCUT2D eigenvalue weighted by Gasteiger charge is 2.24. The third kappa shape index (κ3) is 4.57. The molecule has 122 valence electrons. The predicted octanol–water partition coefficient (Wildman–Crippen LogP) is 2.02. The molecule has 1 aromatic carbocycles. The Balaban J connectivity index is 2.35. The molecule has 6 nitrogen and oxygen atoms in total. The van der Waals surface area contributed by atoms with Gasteiger partial charge in [0.25, 0.3) is 0 Å². The maximum atomic E-state index is 13.2. The van der Waals surface area contributed by atoms with Crippen molar-refractivity contribution >= 4 is 16.0 Å². The summed E-state index contributed by atoms with van der Waals surface area (Å²) in [4.78, 5) is 14.2. The molecule has 1 heterocycles. The fourth-order valence-electron chi connectivity index (χ4n) is 2.08. The van der Waals surface area contributed by atoms with Crippen molar-refractivity contribution in [2.24, 2.45) is 0 Å². The molecule has 0 amide bonds. The fraction of sp³-hybridized carbons (Fsp3) is 0.200. The van der Waals surface area contributed by atoms with E-state index in [0.29, 0.717) is 5.56 Å². The van der Waals surface area contributed by atoms with Crippen molar-refractivity contribution in [3.63, 3.8) is 0 Å². The Morgan fingerprint density at radius 2 is 2.09 bits per heavy atom. The first kappa shape index (κ1) is 17.0. The number of nitrogens with zero attached hydrogens (tertiary/aromatic N) is 1. The van der Waals surface area contributed by atoms with Gasteiger partial charge in [0.15, 0.2) is 0 Å². The van der Waals surface area contributed by atoms with E-state index in [9.17, 15) is 17.6 Å². The SMILES string of the molecule is Cc1cccc(C(CC(=O)O)NS(=O)(=O)c2cncc(F)c2)c1. The van der Waals surface area contributed by atoms with Gasteiger partial charge in [-0.2, -0.15) is 0 Å². The van der Waals surface area contributed by atoms with Crippen molar-refractivity contribution < 1.29 is 22.7 Å². The molecule has 2 aromatic rings. The van der Waals surface area contributed by atoms with Crippen molar-refractivity contribution in [2.75, 3.05) is 0 Å². The van der Waals surface area contributed by atoms with E-state index in [2.05, 4.69) is 9.71 Å². The summed E-state index contributed by atoms with van der Waals surface area (Å²) in [6, 6.07) is 6.70. The zero-order valence-electron chi connectivity index (χ0n) is 12.2. The van der Waals surface area contributed by atoms with E-state index in [1.807, 2.05) is 13.0 Å². The first-order valence-corrected chi connectivity index (χ1v) is 8.17. The molecular formula is C15H15FN2O4S. The van der Waals surface area contributed by atoms with Gasteiger partial charge in [-0.15, -0.1) is 0 Å². The predicted molar refractivity (Wildman–Crippen MR) is 80.7 cm³/mol. The second kappa shape index (κ2) is 6.84. The van der Waals surface area contributed by atoms with E-state index in [0.717, 1.165) is 24.0 Å². The molecule has 2 rings (SSSR count). The number of aromatic nitrogens is 1. The molecule has 0 radical (unpaired) electrons. The highest BCUT2D eigenvalue weighted by molar-refractivity contribution is 7.89. The van der Waals surface area contributed by atoms with E-state index in [-0.39, 0.29) is 4.90 Å². The topological polar surface area (TPSA) is 96.4 Å². The summed E-state index contributed by atoms with van der Waals surface area (Å²) < 4.78 is 40.1. The minimum absolute atomic E-state index is 0.361. The van der Waals surface area contributed by atoms with Crippen molar-refractivity contribution in [3.8, 4) is 0 Å². The van der Waals surface area contributed by atoms with Crippen LogP contribution in [0.25, 0.3) is 0 Å². The Labute approximate surface area is 133 Å². The quantitative estimate of drug-likeness (QED) is 0.840. The van der Waals surface area contributed by atoms with Crippen molar-refractivity contribution in [1.82, 2.24) is 9.71 Å². The third-order valence-electron chi connectivity index (χ3n) is 3.11. The summed E-state index contributed by atoms with van der Waals surface area (Å²) in [5, 5.41) is 9.02. The summed E-state index contributed by atoms with van der Waals surface area (Å²) in [5.74, 6) is -1.95. The molecule has 0 aliphatic carbocycles. The standard InChI is InChI=1S/C15H15FN2O4S/c1-10-3-2-4-11(5-10)14(7-15(19)20)18-23(21,22)13-6-12(16)8-17-9-13/h2-6,8-9,14,18H,7H2,1H3,(H,19,20). The average Bonchev–Trinajstić information content (AvgIpc) is 2.46. The minimum Gasteiger partial charge on any atom is -0.481 e. The van der Waals surface area contributed by atoms with Crippen LogP contribution in [0.3, 0.4) is 0 Å².